The van der Waals surface area contributed by atoms with E-state index in [9.17, 15) is 4.79 Å². The molecule has 3 aromatic heterocycles. The fraction of sp³-hybridized carbons (Fsp3) is 0.0909. The third-order valence-corrected chi connectivity index (χ3v) is 4.35. The van der Waals surface area contributed by atoms with Gasteiger partial charge >= 0.3 is 5.76 Å². The van der Waals surface area contributed by atoms with Gasteiger partial charge in [-0.25, -0.2) is 4.79 Å². The van der Waals surface area contributed by atoms with Crippen molar-refractivity contribution >= 4 is 34.3 Å². The van der Waals surface area contributed by atoms with E-state index < -0.39 is 5.76 Å². The normalized spacial score (nSPS) is 10.9. The molecule has 7 heteroatoms. The molecule has 0 unspecified atom stereocenters. The quantitative estimate of drug-likeness (QED) is 0.745. The highest BCUT2D eigenvalue weighted by molar-refractivity contribution is 7.16. The summed E-state index contributed by atoms with van der Waals surface area (Å²) in [5.74, 6) is -0.0967. The Morgan fingerprint density at radius 1 is 1.39 bits per heavy atom. The van der Waals surface area contributed by atoms with Gasteiger partial charge < -0.3 is 4.42 Å². The molecule has 18 heavy (non-hydrogen) atoms. The predicted octanol–water partition coefficient (Wildman–Crippen LogP) is 3.33. The zero-order valence-electron chi connectivity index (χ0n) is 9.00. The van der Waals surface area contributed by atoms with Crippen molar-refractivity contribution in [2.45, 2.75) is 6.54 Å². The maximum absolute atomic E-state index is 11.7. The molecular weight excluding hydrogens is 292 g/mol. The number of nitrogens with zero attached hydrogens (tertiary/aromatic N) is 2. The predicted molar refractivity (Wildman–Crippen MR) is 72.5 cm³/mol. The average Bonchev–Trinajstić information content (AvgIpc) is 3.02. The Balaban J connectivity index is 1.92. The van der Waals surface area contributed by atoms with Gasteiger partial charge in [0, 0.05) is 4.88 Å². The summed E-state index contributed by atoms with van der Waals surface area (Å²) in [6.45, 7) is 0.380. The zero-order chi connectivity index (χ0) is 12.5. The van der Waals surface area contributed by atoms with Gasteiger partial charge in [0.15, 0.2) is 0 Å². The van der Waals surface area contributed by atoms with E-state index in [1.807, 2.05) is 23.6 Å². The largest absolute Gasteiger partial charge is 0.437 e. The second kappa shape index (κ2) is 4.72. The van der Waals surface area contributed by atoms with E-state index in [-0.39, 0.29) is 0 Å². The number of aromatic nitrogens is 2. The van der Waals surface area contributed by atoms with Crippen LogP contribution in [0.1, 0.15) is 4.88 Å². The molecule has 0 spiro atoms. The van der Waals surface area contributed by atoms with Crippen LogP contribution in [0, 0.1) is 0 Å². The minimum absolute atomic E-state index is 0.359. The number of hydrogen-bond donors (Lipinski definition) is 0. The minimum atomic E-state index is -0.456. The molecule has 3 aromatic rings. The molecule has 0 radical (unpaired) electrons. The second-order valence-corrected chi connectivity index (χ2v) is 6.26. The van der Waals surface area contributed by atoms with Crippen molar-refractivity contribution in [1.29, 1.82) is 0 Å². The molecule has 4 nitrogen and oxygen atoms in total. The summed E-state index contributed by atoms with van der Waals surface area (Å²) < 4.78 is 7.11. The highest BCUT2D eigenvalue weighted by Gasteiger charge is 2.11. The lowest BCUT2D eigenvalue weighted by Crippen LogP contribution is -2.15. The van der Waals surface area contributed by atoms with E-state index in [4.69, 9.17) is 16.0 Å². The van der Waals surface area contributed by atoms with Gasteiger partial charge in [0.1, 0.15) is 0 Å². The molecule has 0 N–H and O–H groups in total. The Hall–Kier alpha value is -1.37. The van der Waals surface area contributed by atoms with Crippen LogP contribution in [0.2, 0.25) is 4.34 Å². The summed E-state index contributed by atoms with van der Waals surface area (Å²) in [6.07, 6.45) is 0. The SMILES string of the molecule is O=c1oc(-c2cccs2)nn1Cc1ccc(Cl)s1. The summed E-state index contributed by atoms with van der Waals surface area (Å²) in [5, 5.41) is 6.08. The van der Waals surface area contributed by atoms with E-state index in [1.54, 1.807) is 6.07 Å². The topological polar surface area (TPSA) is 48.0 Å². The maximum Gasteiger partial charge on any atom is 0.437 e. The fourth-order valence-electron chi connectivity index (χ4n) is 1.49. The van der Waals surface area contributed by atoms with Gasteiger partial charge in [-0.1, -0.05) is 17.7 Å². The van der Waals surface area contributed by atoms with E-state index in [0.29, 0.717) is 16.8 Å². The first kappa shape index (κ1) is 11.7. The fourth-order valence-corrected chi connectivity index (χ4v) is 3.20. The zero-order valence-corrected chi connectivity index (χ0v) is 11.4. The van der Waals surface area contributed by atoms with Crippen molar-refractivity contribution in [3.63, 3.8) is 0 Å². The second-order valence-electron chi connectivity index (χ2n) is 3.51. The first-order chi connectivity index (χ1) is 8.72. The van der Waals surface area contributed by atoms with Crippen LogP contribution in [0.4, 0.5) is 0 Å². The van der Waals surface area contributed by atoms with Crippen LogP contribution in [0.25, 0.3) is 10.8 Å². The van der Waals surface area contributed by atoms with Crippen LogP contribution >= 0.6 is 34.3 Å². The van der Waals surface area contributed by atoms with Crippen molar-refractivity contribution < 1.29 is 4.42 Å². The van der Waals surface area contributed by atoms with Crippen LogP contribution in [-0.4, -0.2) is 9.78 Å². The van der Waals surface area contributed by atoms with Gasteiger partial charge in [-0.3, -0.25) is 0 Å². The van der Waals surface area contributed by atoms with Gasteiger partial charge in [-0.15, -0.1) is 27.8 Å². The van der Waals surface area contributed by atoms with E-state index in [0.717, 1.165) is 9.75 Å². The van der Waals surface area contributed by atoms with Crippen LogP contribution in [0.3, 0.4) is 0 Å². The minimum Gasteiger partial charge on any atom is -0.387 e. The van der Waals surface area contributed by atoms with Crippen molar-refractivity contribution in [1.82, 2.24) is 9.78 Å². The molecule has 0 saturated carbocycles. The Labute approximate surface area is 115 Å². The lowest BCUT2D eigenvalue weighted by Gasteiger charge is -1.93. The van der Waals surface area contributed by atoms with Gasteiger partial charge in [-0.05, 0) is 23.6 Å². The molecule has 0 atom stereocenters. The lowest BCUT2D eigenvalue weighted by atomic mass is 10.5. The summed E-state index contributed by atoms with van der Waals surface area (Å²) in [6, 6.07) is 7.42. The number of hydrogen-bond acceptors (Lipinski definition) is 5. The summed E-state index contributed by atoms with van der Waals surface area (Å²) >= 11 is 8.75. The Morgan fingerprint density at radius 2 is 2.28 bits per heavy atom. The van der Waals surface area contributed by atoms with E-state index >= 15 is 0 Å². The van der Waals surface area contributed by atoms with Gasteiger partial charge in [0.05, 0.1) is 15.8 Å². The maximum atomic E-state index is 11.7. The van der Waals surface area contributed by atoms with Crippen molar-refractivity contribution in [3.8, 4) is 10.8 Å². The number of rotatable bonds is 3. The lowest BCUT2D eigenvalue weighted by molar-refractivity contribution is 0.497. The molecule has 0 bridgehead atoms. The Morgan fingerprint density at radius 3 is 2.94 bits per heavy atom. The molecular formula is C11H7ClN2O2S2. The molecule has 0 saturated heterocycles. The van der Waals surface area contributed by atoms with E-state index in [1.165, 1.54) is 27.4 Å². The highest BCUT2D eigenvalue weighted by Crippen LogP contribution is 2.23. The molecule has 0 aliphatic heterocycles. The molecule has 3 heterocycles. The summed E-state index contributed by atoms with van der Waals surface area (Å²) in [7, 11) is 0. The number of thiophene rings is 2. The van der Waals surface area contributed by atoms with Crippen LogP contribution in [0.15, 0.2) is 38.9 Å². The van der Waals surface area contributed by atoms with Crippen molar-refractivity contribution in [2.24, 2.45) is 0 Å². The van der Waals surface area contributed by atoms with Crippen LogP contribution in [-0.2, 0) is 6.54 Å². The molecule has 0 aliphatic rings. The smallest absolute Gasteiger partial charge is 0.387 e. The summed E-state index contributed by atoms with van der Waals surface area (Å²) in [5.41, 5.74) is 0. The standard InChI is InChI=1S/C11H7ClN2O2S2/c12-9-4-3-7(18-9)6-14-11(15)16-10(13-14)8-2-1-5-17-8/h1-5H,6H2. The van der Waals surface area contributed by atoms with Gasteiger partial charge in [0.2, 0.25) is 0 Å². The molecule has 0 amide bonds. The molecule has 3 rings (SSSR count). The average molecular weight is 299 g/mol. The molecule has 0 aromatic carbocycles. The first-order valence-electron chi connectivity index (χ1n) is 5.08. The van der Waals surface area contributed by atoms with Crippen molar-refractivity contribution in [3.05, 3.63) is 49.4 Å². The molecule has 0 aliphatic carbocycles. The first-order valence-corrected chi connectivity index (χ1v) is 7.16. The molecule has 0 fully saturated rings. The Kier molecular flexibility index (Phi) is 3.07. The monoisotopic (exact) mass is 298 g/mol. The van der Waals surface area contributed by atoms with E-state index in [2.05, 4.69) is 5.10 Å². The number of halogens is 1. The van der Waals surface area contributed by atoms with Gasteiger partial charge in [-0.2, -0.15) is 4.68 Å². The van der Waals surface area contributed by atoms with Crippen LogP contribution < -0.4 is 5.76 Å². The van der Waals surface area contributed by atoms with Crippen molar-refractivity contribution in [2.75, 3.05) is 0 Å². The van der Waals surface area contributed by atoms with Crippen LogP contribution in [0.5, 0.6) is 0 Å². The molecule has 92 valence electrons. The third-order valence-electron chi connectivity index (χ3n) is 2.27. The Bertz CT molecular complexity index is 712. The summed E-state index contributed by atoms with van der Waals surface area (Å²) in [4.78, 5) is 13.5. The highest BCUT2D eigenvalue weighted by atomic mass is 35.5. The van der Waals surface area contributed by atoms with Gasteiger partial charge in [0.25, 0.3) is 5.89 Å². The third kappa shape index (κ3) is 2.27.